The monoisotopic (exact) mass is 223 g/mol. The molecule has 0 spiro atoms. The van der Waals surface area contributed by atoms with E-state index in [1.807, 2.05) is 12.1 Å². The minimum absolute atomic E-state index is 0.380. The first-order chi connectivity index (χ1) is 8.22. The van der Waals surface area contributed by atoms with Crippen LogP contribution < -0.4 is 4.74 Å². The number of ether oxygens (including phenoxy) is 1. The van der Waals surface area contributed by atoms with Crippen molar-refractivity contribution < 1.29 is 4.74 Å². The molecule has 1 radical (unpaired) electrons. The summed E-state index contributed by atoms with van der Waals surface area (Å²) in [6.07, 6.45) is 2.63. The van der Waals surface area contributed by atoms with Gasteiger partial charge in [0.1, 0.15) is 11.9 Å². The fourth-order valence-electron chi connectivity index (χ4n) is 1.32. The maximum absolute atomic E-state index is 8.82. The SMILES string of the molecule is Cn1n[c]cc1Oc1cc(C#N)cc(C#N)c1. The summed E-state index contributed by atoms with van der Waals surface area (Å²) in [4.78, 5) is 0. The van der Waals surface area contributed by atoms with Crippen LogP contribution in [0.1, 0.15) is 11.1 Å². The first-order valence-corrected chi connectivity index (χ1v) is 4.76. The zero-order chi connectivity index (χ0) is 12.3. The zero-order valence-electron chi connectivity index (χ0n) is 9.01. The highest BCUT2D eigenvalue weighted by atomic mass is 16.5. The van der Waals surface area contributed by atoms with E-state index in [4.69, 9.17) is 15.3 Å². The highest BCUT2D eigenvalue weighted by molar-refractivity contribution is 5.46. The van der Waals surface area contributed by atoms with Gasteiger partial charge in [-0.25, -0.2) is 4.68 Å². The molecule has 0 aliphatic rings. The van der Waals surface area contributed by atoms with E-state index in [9.17, 15) is 0 Å². The second-order valence-corrected chi connectivity index (χ2v) is 3.31. The number of hydrogen-bond acceptors (Lipinski definition) is 4. The van der Waals surface area contributed by atoms with E-state index in [1.54, 1.807) is 25.2 Å². The van der Waals surface area contributed by atoms with Crippen LogP contribution in [0.3, 0.4) is 0 Å². The highest BCUT2D eigenvalue weighted by Crippen LogP contribution is 2.22. The van der Waals surface area contributed by atoms with Gasteiger partial charge in [-0.3, -0.25) is 0 Å². The molecule has 5 nitrogen and oxygen atoms in total. The van der Waals surface area contributed by atoms with Gasteiger partial charge in [0.15, 0.2) is 0 Å². The standard InChI is InChI=1S/C12H7N4O/c1-16-12(2-3-15-16)17-11-5-9(7-13)4-10(6-11)8-14/h2,4-6H,1H3. The topological polar surface area (TPSA) is 74.6 Å². The molecule has 2 aromatic rings. The number of aryl methyl sites for hydroxylation is 1. The molecule has 2 rings (SSSR count). The maximum Gasteiger partial charge on any atom is 0.218 e. The third kappa shape index (κ3) is 2.24. The Labute approximate surface area is 98.1 Å². The van der Waals surface area contributed by atoms with Crippen molar-refractivity contribution in [2.45, 2.75) is 0 Å². The molecule has 0 fully saturated rings. The summed E-state index contributed by atoms with van der Waals surface area (Å²) in [5.74, 6) is 0.918. The maximum atomic E-state index is 8.82. The Morgan fingerprint density at radius 2 is 1.88 bits per heavy atom. The predicted octanol–water partition coefficient (Wildman–Crippen LogP) is 1.76. The molecule has 0 aliphatic carbocycles. The molecule has 0 bridgehead atoms. The van der Waals surface area contributed by atoms with E-state index in [0.29, 0.717) is 22.8 Å². The Morgan fingerprint density at radius 1 is 1.24 bits per heavy atom. The summed E-state index contributed by atoms with van der Waals surface area (Å²) in [6, 6.07) is 10.2. The quantitative estimate of drug-likeness (QED) is 0.777. The summed E-state index contributed by atoms with van der Waals surface area (Å²) in [5, 5.41) is 21.5. The van der Waals surface area contributed by atoms with Crippen molar-refractivity contribution in [3.05, 3.63) is 41.6 Å². The third-order valence-corrected chi connectivity index (χ3v) is 2.10. The first kappa shape index (κ1) is 10.7. The zero-order valence-corrected chi connectivity index (χ0v) is 9.01. The van der Waals surface area contributed by atoms with Gasteiger partial charge in [-0.2, -0.15) is 15.6 Å². The van der Waals surface area contributed by atoms with Gasteiger partial charge < -0.3 is 4.74 Å². The second kappa shape index (κ2) is 4.38. The summed E-state index contributed by atoms with van der Waals surface area (Å²) in [5.41, 5.74) is 0.760. The van der Waals surface area contributed by atoms with Gasteiger partial charge in [0.05, 0.1) is 23.3 Å². The lowest BCUT2D eigenvalue weighted by molar-refractivity contribution is 0.430. The number of nitrogens with zero attached hydrogens (tertiary/aromatic N) is 4. The third-order valence-electron chi connectivity index (χ3n) is 2.10. The van der Waals surface area contributed by atoms with Crippen LogP contribution in [-0.4, -0.2) is 9.78 Å². The van der Waals surface area contributed by atoms with Gasteiger partial charge in [-0.15, -0.1) is 0 Å². The van der Waals surface area contributed by atoms with E-state index in [2.05, 4.69) is 11.3 Å². The molecule has 81 valence electrons. The van der Waals surface area contributed by atoms with Crippen LogP contribution in [-0.2, 0) is 7.05 Å². The molecule has 1 aromatic carbocycles. The lowest BCUT2D eigenvalue weighted by atomic mass is 10.1. The van der Waals surface area contributed by atoms with Crippen LogP contribution in [0.4, 0.5) is 0 Å². The summed E-state index contributed by atoms with van der Waals surface area (Å²) in [7, 11) is 1.71. The number of hydrogen-bond donors (Lipinski definition) is 0. The fraction of sp³-hybridized carbons (Fsp3) is 0.0833. The van der Waals surface area contributed by atoms with Gasteiger partial charge >= 0.3 is 0 Å². The van der Waals surface area contributed by atoms with Crippen LogP contribution in [0.15, 0.2) is 24.3 Å². The van der Waals surface area contributed by atoms with Gasteiger partial charge in [0, 0.05) is 13.1 Å². The largest absolute Gasteiger partial charge is 0.439 e. The van der Waals surface area contributed by atoms with Crippen molar-refractivity contribution in [2.24, 2.45) is 7.05 Å². The average molecular weight is 223 g/mol. The Morgan fingerprint density at radius 3 is 2.35 bits per heavy atom. The Hall–Kier alpha value is -2.79. The smallest absolute Gasteiger partial charge is 0.218 e. The molecule has 17 heavy (non-hydrogen) atoms. The van der Waals surface area contributed by atoms with E-state index >= 15 is 0 Å². The van der Waals surface area contributed by atoms with Gasteiger partial charge in [0.2, 0.25) is 5.88 Å². The van der Waals surface area contributed by atoms with Crippen LogP contribution in [0.5, 0.6) is 11.6 Å². The summed E-state index contributed by atoms with van der Waals surface area (Å²) < 4.78 is 7.01. The second-order valence-electron chi connectivity index (χ2n) is 3.31. The van der Waals surface area contributed by atoms with Gasteiger partial charge in [0.25, 0.3) is 0 Å². The van der Waals surface area contributed by atoms with Crippen LogP contribution in [0.2, 0.25) is 0 Å². The van der Waals surface area contributed by atoms with Crippen LogP contribution in [0, 0.1) is 28.9 Å². The van der Waals surface area contributed by atoms with Crippen molar-refractivity contribution in [1.29, 1.82) is 10.5 Å². The Bertz CT molecular complexity index is 598. The van der Waals surface area contributed by atoms with E-state index in [-0.39, 0.29) is 0 Å². The summed E-state index contributed by atoms with van der Waals surface area (Å²) >= 11 is 0. The molecule has 0 unspecified atom stereocenters. The fourth-order valence-corrected chi connectivity index (χ4v) is 1.32. The normalized spacial score (nSPS) is 9.35. The predicted molar refractivity (Wildman–Crippen MR) is 58.0 cm³/mol. The molecule has 1 heterocycles. The molecular weight excluding hydrogens is 216 g/mol. The molecule has 0 aliphatic heterocycles. The van der Waals surface area contributed by atoms with Crippen molar-refractivity contribution in [1.82, 2.24) is 9.78 Å². The van der Waals surface area contributed by atoms with Crippen molar-refractivity contribution in [3.63, 3.8) is 0 Å². The summed E-state index contributed by atoms with van der Waals surface area (Å²) in [6.45, 7) is 0. The number of aromatic nitrogens is 2. The molecule has 5 heteroatoms. The minimum Gasteiger partial charge on any atom is -0.439 e. The van der Waals surface area contributed by atoms with E-state index in [0.717, 1.165) is 0 Å². The number of nitriles is 2. The number of rotatable bonds is 2. The van der Waals surface area contributed by atoms with Crippen molar-refractivity contribution in [3.8, 4) is 23.8 Å². The number of benzene rings is 1. The van der Waals surface area contributed by atoms with E-state index < -0.39 is 0 Å². The van der Waals surface area contributed by atoms with E-state index in [1.165, 1.54) is 10.7 Å². The van der Waals surface area contributed by atoms with Gasteiger partial charge in [-0.1, -0.05) is 0 Å². The van der Waals surface area contributed by atoms with Crippen LogP contribution >= 0.6 is 0 Å². The molecule has 0 atom stereocenters. The highest BCUT2D eigenvalue weighted by Gasteiger charge is 2.05. The lowest BCUT2D eigenvalue weighted by Crippen LogP contribution is -1.95. The first-order valence-electron chi connectivity index (χ1n) is 4.76. The van der Waals surface area contributed by atoms with Gasteiger partial charge in [-0.05, 0) is 18.2 Å². The molecule has 0 saturated carbocycles. The molecule has 0 amide bonds. The average Bonchev–Trinajstić information content (AvgIpc) is 2.74. The lowest BCUT2D eigenvalue weighted by Gasteiger charge is -2.05. The Balaban J connectivity index is 2.37. The minimum atomic E-state index is 0.380. The Kier molecular flexibility index (Phi) is 2.76. The van der Waals surface area contributed by atoms with Crippen molar-refractivity contribution in [2.75, 3.05) is 0 Å². The van der Waals surface area contributed by atoms with Crippen LogP contribution in [0.25, 0.3) is 0 Å². The molecule has 1 aromatic heterocycles. The molecule has 0 N–H and O–H groups in total. The molecular formula is C12H7N4O. The molecule has 0 saturated heterocycles. The van der Waals surface area contributed by atoms with Crippen molar-refractivity contribution >= 4 is 0 Å².